The second-order valence-electron chi connectivity index (χ2n) is 5.82. The van der Waals surface area contributed by atoms with Crippen molar-refractivity contribution in [2.24, 2.45) is 0 Å². The molecule has 2 N–H and O–H groups in total. The van der Waals surface area contributed by atoms with Gasteiger partial charge >= 0.3 is 0 Å². The molecule has 128 valence electrons. The Labute approximate surface area is 145 Å². The van der Waals surface area contributed by atoms with E-state index in [-0.39, 0.29) is 18.3 Å². The fourth-order valence-corrected chi connectivity index (χ4v) is 2.57. The average molecular weight is 338 g/mol. The Hall–Kier alpha value is -2.86. The molecule has 0 saturated carbocycles. The highest BCUT2D eigenvalue weighted by Gasteiger charge is 2.12. The van der Waals surface area contributed by atoms with Crippen molar-refractivity contribution < 1.29 is 9.50 Å². The van der Waals surface area contributed by atoms with Crippen LogP contribution >= 0.6 is 0 Å². The number of aliphatic hydroxyl groups excluding tert-OH is 1. The van der Waals surface area contributed by atoms with Crippen molar-refractivity contribution in [1.29, 1.82) is 0 Å². The second kappa shape index (κ2) is 7.81. The molecule has 5 nitrogen and oxygen atoms in total. The third-order valence-electron chi connectivity index (χ3n) is 4.00. The van der Waals surface area contributed by atoms with E-state index in [0.29, 0.717) is 23.6 Å². The molecule has 0 aliphatic rings. The Kier molecular flexibility index (Phi) is 5.30. The van der Waals surface area contributed by atoms with Crippen molar-refractivity contribution in [3.63, 3.8) is 0 Å². The number of pyridine rings is 1. The number of hydrogen-bond acceptors (Lipinski definition) is 5. The van der Waals surface area contributed by atoms with Crippen LogP contribution in [0.15, 0.2) is 54.9 Å². The monoisotopic (exact) mass is 338 g/mol. The molecular weight excluding hydrogens is 319 g/mol. The average Bonchev–Trinajstić information content (AvgIpc) is 2.64. The number of hydrogen-bond donors (Lipinski definition) is 2. The molecule has 0 saturated heterocycles. The lowest BCUT2D eigenvalue weighted by Gasteiger charge is -2.16. The highest BCUT2D eigenvalue weighted by atomic mass is 19.1. The van der Waals surface area contributed by atoms with Gasteiger partial charge in [-0.25, -0.2) is 4.39 Å². The molecule has 3 aromatic rings. The van der Waals surface area contributed by atoms with Gasteiger partial charge in [0.2, 0.25) is 0 Å². The number of aromatic nitrogens is 3. The van der Waals surface area contributed by atoms with Crippen LogP contribution in [0.25, 0.3) is 11.3 Å². The summed E-state index contributed by atoms with van der Waals surface area (Å²) < 4.78 is 13.4. The van der Waals surface area contributed by atoms with Gasteiger partial charge in [0.25, 0.3) is 0 Å². The number of nitrogens with one attached hydrogen (secondary N) is 1. The van der Waals surface area contributed by atoms with Crippen LogP contribution in [0.2, 0.25) is 0 Å². The summed E-state index contributed by atoms with van der Waals surface area (Å²) in [7, 11) is 0. The van der Waals surface area contributed by atoms with Crippen molar-refractivity contribution in [1.82, 2.24) is 15.2 Å². The maximum Gasteiger partial charge on any atom is 0.151 e. The zero-order chi connectivity index (χ0) is 17.6. The minimum Gasteiger partial charge on any atom is -0.396 e. The maximum absolute atomic E-state index is 13.4. The predicted octanol–water partition coefficient (Wildman–Crippen LogP) is 3.17. The molecule has 0 aliphatic carbocycles. The van der Waals surface area contributed by atoms with E-state index in [1.54, 1.807) is 24.5 Å². The number of benzene rings is 1. The van der Waals surface area contributed by atoms with E-state index in [2.05, 4.69) is 20.5 Å². The first-order valence-electron chi connectivity index (χ1n) is 8.02. The summed E-state index contributed by atoms with van der Waals surface area (Å²) in [6, 6.07) is 11.9. The Morgan fingerprint density at radius 1 is 1.16 bits per heavy atom. The van der Waals surface area contributed by atoms with Crippen LogP contribution in [0.1, 0.15) is 17.0 Å². The van der Waals surface area contributed by atoms with Crippen molar-refractivity contribution in [3.05, 3.63) is 71.8 Å². The van der Waals surface area contributed by atoms with E-state index >= 15 is 0 Å². The third-order valence-corrected chi connectivity index (χ3v) is 4.00. The summed E-state index contributed by atoms with van der Waals surface area (Å²) in [4.78, 5) is 4.08. The van der Waals surface area contributed by atoms with Gasteiger partial charge in [-0.15, -0.1) is 10.2 Å². The first-order valence-corrected chi connectivity index (χ1v) is 8.02. The standard InChI is InChI=1S/C19H19FN4O/c1-13-8-18(14-4-2-6-17(20)9-14)23-24-19(13)22-11-16(12-25)15-5-3-7-21-10-15/h2-10,16,25H,11-12H2,1H3,(H,22,24). The molecule has 0 bridgehead atoms. The van der Waals surface area contributed by atoms with Crippen LogP contribution in [-0.4, -0.2) is 33.4 Å². The molecule has 2 heterocycles. The molecule has 6 heteroatoms. The van der Waals surface area contributed by atoms with Gasteiger partial charge in [0.1, 0.15) is 5.82 Å². The van der Waals surface area contributed by atoms with Gasteiger partial charge in [0.05, 0.1) is 12.3 Å². The van der Waals surface area contributed by atoms with Crippen molar-refractivity contribution >= 4 is 5.82 Å². The lowest BCUT2D eigenvalue weighted by Crippen LogP contribution is -2.17. The summed E-state index contributed by atoms with van der Waals surface area (Å²) in [6.45, 7) is 2.43. The number of nitrogens with zero attached hydrogens (tertiary/aromatic N) is 3. The summed E-state index contributed by atoms with van der Waals surface area (Å²) in [5.41, 5.74) is 3.16. The molecule has 0 radical (unpaired) electrons. The summed E-state index contributed by atoms with van der Waals surface area (Å²) in [5, 5.41) is 21.2. The van der Waals surface area contributed by atoms with Gasteiger partial charge in [0, 0.05) is 30.4 Å². The van der Waals surface area contributed by atoms with Crippen LogP contribution in [0, 0.1) is 12.7 Å². The van der Waals surface area contributed by atoms with Crippen LogP contribution in [0.3, 0.4) is 0 Å². The zero-order valence-electron chi connectivity index (χ0n) is 13.9. The molecule has 0 spiro atoms. The number of aryl methyl sites for hydroxylation is 1. The van der Waals surface area contributed by atoms with E-state index in [1.165, 1.54) is 12.1 Å². The van der Waals surface area contributed by atoms with Crippen LogP contribution in [0.4, 0.5) is 10.2 Å². The van der Waals surface area contributed by atoms with Crippen LogP contribution < -0.4 is 5.32 Å². The highest BCUT2D eigenvalue weighted by molar-refractivity contribution is 5.61. The SMILES string of the molecule is Cc1cc(-c2cccc(F)c2)nnc1NCC(CO)c1cccnc1. The molecule has 0 fully saturated rings. The summed E-state index contributed by atoms with van der Waals surface area (Å²) >= 11 is 0. The van der Waals surface area contributed by atoms with Gasteiger partial charge in [0.15, 0.2) is 5.82 Å². The normalized spacial score (nSPS) is 12.0. The molecule has 0 amide bonds. The number of anilines is 1. The zero-order valence-corrected chi connectivity index (χ0v) is 13.9. The van der Waals surface area contributed by atoms with E-state index < -0.39 is 0 Å². The predicted molar refractivity (Wildman–Crippen MR) is 94.7 cm³/mol. The number of aliphatic hydroxyl groups is 1. The second-order valence-corrected chi connectivity index (χ2v) is 5.82. The minimum absolute atomic E-state index is 0.00649. The number of rotatable bonds is 6. The topological polar surface area (TPSA) is 70.9 Å². The molecule has 1 unspecified atom stereocenters. The quantitative estimate of drug-likeness (QED) is 0.722. The first-order chi connectivity index (χ1) is 12.2. The largest absolute Gasteiger partial charge is 0.396 e. The summed E-state index contributed by atoms with van der Waals surface area (Å²) in [6.07, 6.45) is 3.44. The molecule has 1 aromatic carbocycles. The lowest BCUT2D eigenvalue weighted by molar-refractivity contribution is 0.269. The summed E-state index contributed by atoms with van der Waals surface area (Å²) in [5.74, 6) is 0.252. The molecule has 1 atom stereocenters. The molecule has 3 rings (SSSR count). The Morgan fingerprint density at radius 2 is 2.04 bits per heavy atom. The Balaban J connectivity index is 1.73. The molecular formula is C19H19FN4O. The van der Waals surface area contributed by atoms with Gasteiger partial charge in [-0.05, 0) is 42.3 Å². The van der Waals surface area contributed by atoms with Crippen molar-refractivity contribution in [2.45, 2.75) is 12.8 Å². The van der Waals surface area contributed by atoms with Gasteiger partial charge in [-0.3, -0.25) is 4.98 Å². The first kappa shape index (κ1) is 17.0. The molecule has 2 aromatic heterocycles. The van der Waals surface area contributed by atoms with Gasteiger partial charge in [-0.2, -0.15) is 0 Å². The highest BCUT2D eigenvalue weighted by Crippen LogP contribution is 2.22. The molecule has 0 aliphatic heterocycles. The fraction of sp³-hybridized carbons (Fsp3) is 0.211. The maximum atomic E-state index is 13.4. The smallest absolute Gasteiger partial charge is 0.151 e. The number of halogens is 1. The van der Waals surface area contributed by atoms with Gasteiger partial charge in [-0.1, -0.05) is 18.2 Å². The van der Waals surface area contributed by atoms with Crippen molar-refractivity contribution in [3.8, 4) is 11.3 Å². The lowest BCUT2D eigenvalue weighted by atomic mass is 10.0. The van der Waals surface area contributed by atoms with E-state index in [0.717, 1.165) is 11.1 Å². The van der Waals surface area contributed by atoms with E-state index in [4.69, 9.17) is 0 Å². The van der Waals surface area contributed by atoms with Crippen LogP contribution in [0.5, 0.6) is 0 Å². The van der Waals surface area contributed by atoms with Crippen LogP contribution in [-0.2, 0) is 0 Å². The third kappa shape index (κ3) is 4.16. The minimum atomic E-state index is -0.304. The Morgan fingerprint density at radius 3 is 2.72 bits per heavy atom. The van der Waals surface area contributed by atoms with E-state index in [9.17, 15) is 9.50 Å². The molecule has 25 heavy (non-hydrogen) atoms. The van der Waals surface area contributed by atoms with Crippen molar-refractivity contribution in [2.75, 3.05) is 18.5 Å². The fourth-order valence-electron chi connectivity index (χ4n) is 2.57. The Bertz CT molecular complexity index is 842. The van der Waals surface area contributed by atoms with E-state index in [1.807, 2.05) is 25.1 Å². The van der Waals surface area contributed by atoms with Gasteiger partial charge < -0.3 is 10.4 Å².